The number of amides is 1. The Labute approximate surface area is 187 Å². The van der Waals surface area contributed by atoms with Crippen molar-refractivity contribution in [2.24, 2.45) is 5.92 Å². The number of carbonyl (C=O) groups is 1. The molecule has 7 heteroatoms. The van der Waals surface area contributed by atoms with Crippen molar-refractivity contribution in [1.82, 2.24) is 15.1 Å². The largest absolute Gasteiger partial charge is 0.497 e. The van der Waals surface area contributed by atoms with E-state index in [4.69, 9.17) is 4.74 Å². The van der Waals surface area contributed by atoms with Gasteiger partial charge in [-0.05, 0) is 56.2 Å². The van der Waals surface area contributed by atoms with Crippen LogP contribution >= 0.6 is 24.8 Å². The van der Waals surface area contributed by atoms with Gasteiger partial charge in [0.25, 0.3) is 0 Å². The number of hydrogen-bond donors (Lipinski definition) is 1. The number of hydrogen-bond acceptors (Lipinski definition) is 4. The molecule has 29 heavy (non-hydrogen) atoms. The van der Waals surface area contributed by atoms with Gasteiger partial charge in [-0.25, -0.2) is 0 Å². The van der Waals surface area contributed by atoms with E-state index in [0.717, 1.165) is 38.3 Å². The van der Waals surface area contributed by atoms with Gasteiger partial charge < -0.3 is 15.0 Å². The Morgan fingerprint density at radius 3 is 2.41 bits per heavy atom. The fraction of sp³-hybridized carbons (Fsp3) is 0.682. The molecule has 1 amide bonds. The van der Waals surface area contributed by atoms with Gasteiger partial charge in [0.2, 0.25) is 5.91 Å². The molecule has 1 aromatic rings. The Hall–Kier alpha value is -1.01. The summed E-state index contributed by atoms with van der Waals surface area (Å²) in [6.45, 7) is 5.84. The van der Waals surface area contributed by atoms with Crippen LogP contribution in [-0.4, -0.2) is 61.1 Å². The molecule has 0 radical (unpaired) electrons. The molecular formula is C22H35Cl2N3O2. The zero-order valence-electron chi connectivity index (χ0n) is 17.5. The first kappa shape index (κ1) is 24.3. The number of methoxy groups -OCH3 is 1. The number of ether oxygens (including phenoxy) is 1. The SMILES string of the molecule is COc1cccc(C(C)N2CCN(C(=O)CC3CC4CCC(C3)N4)CC2)c1.Cl.Cl. The van der Waals surface area contributed by atoms with E-state index >= 15 is 0 Å². The van der Waals surface area contributed by atoms with Gasteiger partial charge in [0, 0.05) is 50.7 Å². The highest BCUT2D eigenvalue weighted by molar-refractivity contribution is 5.85. The molecule has 3 saturated heterocycles. The highest BCUT2D eigenvalue weighted by Gasteiger charge is 2.35. The molecule has 4 rings (SSSR count). The lowest BCUT2D eigenvalue weighted by Gasteiger charge is -2.39. The molecule has 3 unspecified atom stereocenters. The molecule has 164 valence electrons. The van der Waals surface area contributed by atoms with Crippen LogP contribution in [-0.2, 0) is 4.79 Å². The lowest BCUT2D eigenvalue weighted by molar-refractivity contribution is -0.134. The average Bonchev–Trinajstić information content (AvgIpc) is 3.05. The smallest absolute Gasteiger partial charge is 0.222 e. The third-order valence-corrected chi connectivity index (χ3v) is 6.82. The third-order valence-electron chi connectivity index (χ3n) is 6.82. The summed E-state index contributed by atoms with van der Waals surface area (Å²) in [5.74, 6) is 1.86. The quantitative estimate of drug-likeness (QED) is 0.753. The van der Waals surface area contributed by atoms with E-state index < -0.39 is 0 Å². The molecule has 2 bridgehead atoms. The predicted molar refractivity (Wildman–Crippen MR) is 121 cm³/mol. The standard InChI is InChI=1S/C22H33N3O2.2ClH/c1-16(18-4-3-5-21(15-18)27-2)24-8-10-25(11-9-24)22(26)14-17-12-19-6-7-20(13-17)23-19;;/h3-5,15-17,19-20,23H,6-14H2,1-2H3;2*1H. The molecule has 1 N–H and O–H groups in total. The fourth-order valence-electron chi connectivity index (χ4n) is 5.19. The van der Waals surface area contributed by atoms with Crippen molar-refractivity contribution in [3.63, 3.8) is 0 Å². The number of piperidine rings is 1. The number of carbonyl (C=O) groups excluding carboxylic acids is 1. The van der Waals surface area contributed by atoms with Crippen LogP contribution in [0.4, 0.5) is 0 Å². The minimum atomic E-state index is 0. The van der Waals surface area contributed by atoms with Crippen molar-refractivity contribution in [3.05, 3.63) is 29.8 Å². The first-order valence-electron chi connectivity index (χ1n) is 10.5. The van der Waals surface area contributed by atoms with E-state index in [1.807, 2.05) is 6.07 Å². The maximum atomic E-state index is 12.8. The number of nitrogens with one attached hydrogen (secondary N) is 1. The normalized spacial score (nSPS) is 27.5. The molecule has 3 aliphatic heterocycles. The fourth-order valence-corrected chi connectivity index (χ4v) is 5.19. The topological polar surface area (TPSA) is 44.8 Å². The van der Waals surface area contributed by atoms with Gasteiger partial charge in [0.15, 0.2) is 0 Å². The second-order valence-corrected chi connectivity index (χ2v) is 8.55. The Bertz CT molecular complexity index is 655. The minimum Gasteiger partial charge on any atom is -0.497 e. The number of benzene rings is 1. The zero-order valence-corrected chi connectivity index (χ0v) is 19.1. The van der Waals surface area contributed by atoms with Crippen molar-refractivity contribution < 1.29 is 9.53 Å². The maximum absolute atomic E-state index is 12.8. The molecule has 3 atom stereocenters. The number of piperazine rings is 1. The van der Waals surface area contributed by atoms with Crippen LogP contribution in [0, 0.1) is 5.92 Å². The van der Waals surface area contributed by atoms with Crippen molar-refractivity contribution in [2.75, 3.05) is 33.3 Å². The Kier molecular flexibility index (Phi) is 9.08. The van der Waals surface area contributed by atoms with Gasteiger partial charge in [0.05, 0.1) is 7.11 Å². The summed E-state index contributed by atoms with van der Waals surface area (Å²) in [5.41, 5.74) is 1.28. The van der Waals surface area contributed by atoms with Crippen LogP contribution in [0.5, 0.6) is 5.75 Å². The zero-order chi connectivity index (χ0) is 18.8. The molecule has 5 nitrogen and oxygen atoms in total. The summed E-state index contributed by atoms with van der Waals surface area (Å²) < 4.78 is 5.36. The summed E-state index contributed by atoms with van der Waals surface area (Å²) in [5, 5.41) is 3.67. The lowest BCUT2D eigenvalue weighted by Crippen LogP contribution is -2.50. The van der Waals surface area contributed by atoms with E-state index in [1.165, 1.54) is 31.2 Å². The van der Waals surface area contributed by atoms with Crippen molar-refractivity contribution >= 4 is 30.7 Å². The van der Waals surface area contributed by atoms with Crippen LogP contribution < -0.4 is 10.1 Å². The molecular weight excluding hydrogens is 409 g/mol. The van der Waals surface area contributed by atoms with Crippen LogP contribution in [0.2, 0.25) is 0 Å². The van der Waals surface area contributed by atoms with E-state index in [1.54, 1.807) is 7.11 Å². The maximum Gasteiger partial charge on any atom is 0.222 e. The minimum absolute atomic E-state index is 0. The summed E-state index contributed by atoms with van der Waals surface area (Å²) in [4.78, 5) is 17.4. The number of fused-ring (bicyclic) bond motifs is 2. The summed E-state index contributed by atoms with van der Waals surface area (Å²) in [7, 11) is 1.71. The highest BCUT2D eigenvalue weighted by atomic mass is 35.5. The molecule has 0 spiro atoms. The van der Waals surface area contributed by atoms with Crippen molar-refractivity contribution in [3.8, 4) is 5.75 Å². The second kappa shape index (κ2) is 10.9. The number of halogens is 2. The Balaban J connectivity index is 0.00000150. The first-order valence-corrected chi connectivity index (χ1v) is 10.5. The molecule has 0 aliphatic carbocycles. The van der Waals surface area contributed by atoms with Crippen LogP contribution in [0.3, 0.4) is 0 Å². The number of nitrogens with zero attached hydrogens (tertiary/aromatic N) is 2. The van der Waals surface area contributed by atoms with Gasteiger partial charge in [-0.15, -0.1) is 24.8 Å². The molecule has 3 aliphatic rings. The van der Waals surface area contributed by atoms with Crippen molar-refractivity contribution in [1.29, 1.82) is 0 Å². The van der Waals surface area contributed by atoms with Gasteiger partial charge in [-0.3, -0.25) is 9.69 Å². The monoisotopic (exact) mass is 443 g/mol. The average molecular weight is 444 g/mol. The molecule has 3 fully saturated rings. The second-order valence-electron chi connectivity index (χ2n) is 8.55. The van der Waals surface area contributed by atoms with Gasteiger partial charge in [0.1, 0.15) is 5.75 Å². The van der Waals surface area contributed by atoms with E-state index in [2.05, 4.69) is 40.2 Å². The van der Waals surface area contributed by atoms with E-state index in [9.17, 15) is 4.79 Å². The first-order chi connectivity index (χ1) is 13.1. The molecule has 0 saturated carbocycles. The highest BCUT2D eigenvalue weighted by Crippen LogP contribution is 2.33. The predicted octanol–water partition coefficient (Wildman–Crippen LogP) is 3.66. The van der Waals surface area contributed by atoms with Gasteiger partial charge >= 0.3 is 0 Å². The van der Waals surface area contributed by atoms with Gasteiger partial charge in [-0.1, -0.05) is 12.1 Å². The van der Waals surface area contributed by atoms with Gasteiger partial charge in [-0.2, -0.15) is 0 Å². The van der Waals surface area contributed by atoms with Crippen LogP contribution in [0.1, 0.15) is 50.6 Å². The molecule has 1 aromatic carbocycles. The van der Waals surface area contributed by atoms with Crippen molar-refractivity contribution in [2.45, 2.75) is 57.2 Å². The van der Waals surface area contributed by atoms with E-state index in [0.29, 0.717) is 30.0 Å². The summed E-state index contributed by atoms with van der Waals surface area (Å²) in [6, 6.07) is 10.0. The Morgan fingerprint density at radius 1 is 1.14 bits per heavy atom. The summed E-state index contributed by atoms with van der Waals surface area (Å²) in [6.07, 6.45) is 5.73. The number of rotatable bonds is 5. The van der Waals surface area contributed by atoms with E-state index in [-0.39, 0.29) is 24.8 Å². The third kappa shape index (κ3) is 5.78. The molecule has 3 heterocycles. The molecule has 0 aromatic heterocycles. The lowest BCUT2D eigenvalue weighted by atomic mass is 9.89. The Morgan fingerprint density at radius 2 is 1.79 bits per heavy atom. The summed E-state index contributed by atoms with van der Waals surface area (Å²) >= 11 is 0. The van der Waals surface area contributed by atoms with Crippen LogP contribution in [0.15, 0.2) is 24.3 Å². The van der Waals surface area contributed by atoms with Crippen LogP contribution in [0.25, 0.3) is 0 Å².